The molecule has 0 saturated carbocycles. The molecule has 0 spiro atoms. The lowest BCUT2D eigenvalue weighted by Crippen LogP contribution is -2.10. The molecule has 2 rings (SSSR count). The van der Waals surface area contributed by atoms with Crippen molar-refractivity contribution in [2.75, 3.05) is 13.6 Å². The van der Waals surface area contributed by atoms with Crippen molar-refractivity contribution in [2.45, 2.75) is 6.42 Å². The van der Waals surface area contributed by atoms with Gasteiger partial charge in [-0.2, -0.15) is 0 Å². The second-order valence-corrected chi connectivity index (χ2v) is 3.13. The van der Waals surface area contributed by atoms with Crippen LogP contribution in [0.15, 0.2) is 22.9 Å². The summed E-state index contributed by atoms with van der Waals surface area (Å²) >= 11 is 0. The summed E-state index contributed by atoms with van der Waals surface area (Å²) in [5.41, 5.74) is 2.05. The van der Waals surface area contributed by atoms with E-state index in [2.05, 4.69) is 10.3 Å². The maximum absolute atomic E-state index is 9.81. The van der Waals surface area contributed by atoms with Crippen molar-refractivity contribution in [2.24, 2.45) is 0 Å². The number of fused-ring (bicyclic) bond motifs is 1. The zero-order chi connectivity index (χ0) is 9.97. The van der Waals surface area contributed by atoms with E-state index in [1.165, 1.54) is 6.39 Å². The SMILES string of the molecule is CNCCc1ccc2ocnc2c1O. The molecule has 1 heterocycles. The fourth-order valence-electron chi connectivity index (χ4n) is 1.42. The van der Waals surface area contributed by atoms with Gasteiger partial charge in [-0.1, -0.05) is 6.07 Å². The van der Waals surface area contributed by atoms with Gasteiger partial charge in [-0.25, -0.2) is 4.98 Å². The van der Waals surface area contributed by atoms with Crippen LogP contribution in [0, 0.1) is 0 Å². The number of nitrogens with one attached hydrogen (secondary N) is 1. The van der Waals surface area contributed by atoms with Gasteiger partial charge in [0.1, 0.15) is 5.75 Å². The fraction of sp³-hybridized carbons (Fsp3) is 0.300. The van der Waals surface area contributed by atoms with E-state index in [1.807, 2.05) is 19.2 Å². The highest BCUT2D eigenvalue weighted by Crippen LogP contribution is 2.27. The molecule has 74 valence electrons. The molecule has 0 fully saturated rings. The van der Waals surface area contributed by atoms with Crippen LogP contribution >= 0.6 is 0 Å². The van der Waals surface area contributed by atoms with Crippen molar-refractivity contribution in [1.29, 1.82) is 0 Å². The van der Waals surface area contributed by atoms with Crippen LogP contribution < -0.4 is 5.32 Å². The number of hydrogen-bond acceptors (Lipinski definition) is 4. The molecule has 1 aromatic heterocycles. The second-order valence-electron chi connectivity index (χ2n) is 3.13. The lowest BCUT2D eigenvalue weighted by atomic mass is 10.1. The van der Waals surface area contributed by atoms with Crippen LogP contribution in [0.25, 0.3) is 11.1 Å². The number of hydrogen-bond donors (Lipinski definition) is 2. The quantitative estimate of drug-likeness (QED) is 0.769. The summed E-state index contributed by atoms with van der Waals surface area (Å²) in [7, 11) is 1.88. The molecule has 2 aromatic rings. The summed E-state index contributed by atoms with van der Waals surface area (Å²) < 4.78 is 5.07. The average Bonchev–Trinajstić information content (AvgIpc) is 2.66. The monoisotopic (exact) mass is 192 g/mol. The molecule has 0 amide bonds. The van der Waals surface area contributed by atoms with Gasteiger partial charge in [-0.15, -0.1) is 0 Å². The molecule has 0 radical (unpaired) electrons. The Balaban J connectivity index is 2.40. The van der Waals surface area contributed by atoms with Gasteiger partial charge in [0, 0.05) is 0 Å². The molecule has 2 N–H and O–H groups in total. The third kappa shape index (κ3) is 1.44. The van der Waals surface area contributed by atoms with Crippen LogP contribution in [0.3, 0.4) is 0 Å². The first-order valence-corrected chi connectivity index (χ1v) is 4.51. The van der Waals surface area contributed by atoms with E-state index < -0.39 is 0 Å². The summed E-state index contributed by atoms with van der Waals surface area (Å²) in [5, 5.41) is 12.8. The normalized spacial score (nSPS) is 10.9. The third-order valence-corrected chi connectivity index (χ3v) is 2.20. The van der Waals surface area contributed by atoms with Crippen molar-refractivity contribution >= 4 is 11.1 Å². The summed E-state index contributed by atoms with van der Waals surface area (Å²) in [6.45, 7) is 0.830. The Hall–Kier alpha value is -1.55. The molecule has 4 heteroatoms. The minimum absolute atomic E-state index is 0.228. The lowest BCUT2D eigenvalue weighted by Gasteiger charge is -2.03. The number of aromatic hydroxyl groups is 1. The number of aromatic nitrogens is 1. The Bertz CT molecular complexity index is 437. The highest BCUT2D eigenvalue weighted by molar-refractivity contribution is 5.80. The third-order valence-electron chi connectivity index (χ3n) is 2.20. The predicted molar refractivity (Wildman–Crippen MR) is 53.3 cm³/mol. The molecule has 0 bridgehead atoms. The second kappa shape index (κ2) is 3.67. The fourth-order valence-corrected chi connectivity index (χ4v) is 1.42. The zero-order valence-electron chi connectivity index (χ0n) is 7.95. The average molecular weight is 192 g/mol. The smallest absolute Gasteiger partial charge is 0.182 e. The minimum Gasteiger partial charge on any atom is -0.505 e. The number of phenols is 1. The number of benzene rings is 1. The van der Waals surface area contributed by atoms with Crippen molar-refractivity contribution < 1.29 is 9.52 Å². The number of nitrogens with zero attached hydrogens (tertiary/aromatic N) is 1. The van der Waals surface area contributed by atoms with Gasteiger partial charge in [0.15, 0.2) is 17.5 Å². The molecule has 4 nitrogen and oxygen atoms in total. The van der Waals surface area contributed by atoms with E-state index >= 15 is 0 Å². The van der Waals surface area contributed by atoms with Crippen LogP contribution in [0.5, 0.6) is 5.75 Å². The number of phenolic OH excluding ortho intramolecular Hbond substituents is 1. The molecule has 0 unspecified atom stereocenters. The van der Waals surface area contributed by atoms with Gasteiger partial charge in [-0.3, -0.25) is 0 Å². The van der Waals surface area contributed by atoms with E-state index in [1.54, 1.807) is 0 Å². The van der Waals surface area contributed by atoms with Crippen LogP contribution in [0.2, 0.25) is 0 Å². The molecule has 0 saturated heterocycles. The topological polar surface area (TPSA) is 58.3 Å². The summed E-state index contributed by atoms with van der Waals surface area (Å²) in [6.07, 6.45) is 2.12. The van der Waals surface area contributed by atoms with Crippen LogP contribution in [0.4, 0.5) is 0 Å². The Morgan fingerprint density at radius 1 is 1.50 bits per heavy atom. The van der Waals surface area contributed by atoms with Crippen LogP contribution in [0.1, 0.15) is 5.56 Å². The van der Waals surface area contributed by atoms with Crippen molar-refractivity contribution in [3.63, 3.8) is 0 Å². The predicted octanol–water partition coefficient (Wildman–Crippen LogP) is 1.30. The van der Waals surface area contributed by atoms with Gasteiger partial charge < -0.3 is 14.8 Å². The first-order chi connectivity index (χ1) is 6.83. The molecule has 0 aliphatic rings. The van der Waals surface area contributed by atoms with Gasteiger partial charge >= 0.3 is 0 Å². The lowest BCUT2D eigenvalue weighted by molar-refractivity contribution is 0.472. The van der Waals surface area contributed by atoms with Crippen LogP contribution in [-0.2, 0) is 6.42 Å². The van der Waals surface area contributed by atoms with E-state index in [-0.39, 0.29) is 5.75 Å². The number of rotatable bonds is 3. The van der Waals surface area contributed by atoms with Crippen molar-refractivity contribution in [3.05, 3.63) is 24.1 Å². The summed E-state index contributed by atoms with van der Waals surface area (Å²) in [4.78, 5) is 3.95. The molecule has 0 aliphatic heterocycles. The van der Waals surface area contributed by atoms with Gasteiger partial charge in [0.05, 0.1) is 0 Å². The largest absolute Gasteiger partial charge is 0.505 e. The standard InChI is InChI=1S/C10H12N2O2/c1-11-5-4-7-2-3-8-9(10(7)13)12-6-14-8/h2-3,6,11,13H,4-5H2,1H3. The van der Waals surface area contributed by atoms with Gasteiger partial charge in [-0.05, 0) is 31.6 Å². The maximum atomic E-state index is 9.81. The molecule has 14 heavy (non-hydrogen) atoms. The van der Waals surface area contributed by atoms with Gasteiger partial charge in [0.25, 0.3) is 0 Å². The molecular formula is C10H12N2O2. The highest BCUT2D eigenvalue weighted by atomic mass is 16.3. The Labute approximate surface area is 81.6 Å². The molecular weight excluding hydrogens is 180 g/mol. The molecule has 0 atom stereocenters. The Morgan fingerprint density at radius 3 is 3.14 bits per heavy atom. The number of oxazole rings is 1. The summed E-state index contributed by atoms with van der Waals surface area (Å²) in [6, 6.07) is 3.69. The first kappa shape index (κ1) is 9.02. The van der Waals surface area contributed by atoms with E-state index in [9.17, 15) is 5.11 Å². The minimum atomic E-state index is 0.228. The highest BCUT2D eigenvalue weighted by Gasteiger charge is 2.08. The molecule has 1 aromatic carbocycles. The first-order valence-electron chi connectivity index (χ1n) is 4.51. The number of likely N-dealkylation sites (N-methyl/N-ethyl adjacent to an activating group) is 1. The molecule has 0 aliphatic carbocycles. The maximum Gasteiger partial charge on any atom is 0.182 e. The van der Waals surface area contributed by atoms with Crippen molar-refractivity contribution in [3.8, 4) is 5.75 Å². The Morgan fingerprint density at radius 2 is 2.36 bits per heavy atom. The van der Waals surface area contributed by atoms with Crippen molar-refractivity contribution in [1.82, 2.24) is 10.3 Å². The zero-order valence-corrected chi connectivity index (χ0v) is 7.95. The van der Waals surface area contributed by atoms with E-state index in [0.717, 1.165) is 18.5 Å². The van der Waals surface area contributed by atoms with E-state index in [4.69, 9.17) is 4.42 Å². The van der Waals surface area contributed by atoms with Crippen LogP contribution in [-0.4, -0.2) is 23.7 Å². The summed E-state index contributed by atoms with van der Waals surface area (Å²) in [5.74, 6) is 0.228. The van der Waals surface area contributed by atoms with E-state index in [0.29, 0.717) is 11.1 Å². The Kier molecular flexibility index (Phi) is 2.37. The van der Waals surface area contributed by atoms with Gasteiger partial charge in [0.2, 0.25) is 0 Å².